The van der Waals surface area contributed by atoms with E-state index in [0.717, 1.165) is 19.2 Å². The fraction of sp³-hybridized carbons (Fsp3) is 0.308. The van der Waals surface area contributed by atoms with Crippen molar-refractivity contribution in [3.8, 4) is 0 Å². The minimum atomic E-state index is -4.90. The number of alkyl halides is 4. The molecule has 1 aromatic heterocycles. The van der Waals surface area contributed by atoms with Crippen LogP contribution in [0.15, 0.2) is 42.5 Å². The van der Waals surface area contributed by atoms with E-state index in [1.807, 2.05) is 0 Å². The molecule has 0 aliphatic heterocycles. The summed E-state index contributed by atoms with van der Waals surface area (Å²) < 4.78 is 45.1. The molecular weight excluding hydrogens is 323 g/mol. The summed E-state index contributed by atoms with van der Waals surface area (Å²) in [5.41, 5.74) is 2.79. The molecule has 118 valence electrons. The van der Waals surface area contributed by atoms with Gasteiger partial charge in [-0.25, -0.2) is 9.78 Å². The first kappa shape index (κ1) is 16.3. The van der Waals surface area contributed by atoms with Crippen LogP contribution < -0.4 is 5.73 Å². The van der Waals surface area contributed by atoms with Gasteiger partial charge in [0.2, 0.25) is 4.87 Å². The Morgan fingerprint density at radius 2 is 2.09 bits per heavy atom. The van der Waals surface area contributed by atoms with Crippen LogP contribution in [0.4, 0.5) is 13.2 Å². The molecule has 0 aromatic carbocycles. The molecule has 0 amide bonds. The molecule has 22 heavy (non-hydrogen) atoms. The van der Waals surface area contributed by atoms with Crippen molar-refractivity contribution in [2.45, 2.75) is 23.6 Å². The molecule has 2 N–H and O–H groups in total. The second kappa shape index (κ2) is 5.28. The molecule has 0 saturated carbocycles. The molecular formula is C13H11ClF3N3O2. The van der Waals surface area contributed by atoms with Gasteiger partial charge in [-0.15, -0.1) is 0 Å². The summed E-state index contributed by atoms with van der Waals surface area (Å²) in [6.45, 7) is 1.04. The largest absolute Gasteiger partial charge is 0.448 e. The number of halogens is 4. The molecule has 0 fully saturated rings. The van der Waals surface area contributed by atoms with Crippen LogP contribution in [0, 0.1) is 0 Å². The van der Waals surface area contributed by atoms with Crippen LogP contribution in [-0.4, -0.2) is 32.6 Å². The van der Waals surface area contributed by atoms with Crippen LogP contribution in [0.3, 0.4) is 0 Å². The minimum absolute atomic E-state index is 0.180. The fourth-order valence-corrected chi connectivity index (χ4v) is 2.15. The third-order valence-corrected chi connectivity index (χ3v) is 3.87. The fourth-order valence-electron chi connectivity index (χ4n) is 1.92. The standard InChI is InChI=1S/C13H11ClF3N3O2/c1-11(22-10(21)9-7-19-4-5-20-9)3-2-8(18)6-12(11,14)13(15,16)17/h2-7H,18H2,1H3. The van der Waals surface area contributed by atoms with E-state index in [9.17, 15) is 18.0 Å². The van der Waals surface area contributed by atoms with Gasteiger partial charge in [0.05, 0.1) is 6.20 Å². The van der Waals surface area contributed by atoms with Gasteiger partial charge in [-0.2, -0.15) is 13.2 Å². The number of hydrogen-bond acceptors (Lipinski definition) is 5. The van der Waals surface area contributed by atoms with Gasteiger partial charge in [-0.3, -0.25) is 4.98 Å². The van der Waals surface area contributed by atoms with E-state index in [2.05, 4.69) is 9.97 Å². The summed E-state index contributed by atoms with van der Waals surface area (Å²) in [4.78, 5) is 16.3. The van der Waals surface area contributed by atoms with Gasteiger partial charge in [0.1, 0.15) is 0 Å². The highest BCUT2D eigenvalue weighted by Gasteiger charge is 2.65. The molecule has 1 heterocycles. The molecule has 0 bridgehead atoms. The Morgan fingerprint density at radius 1 is 1.41 bits per heavy atom. The Morgan fingerprint density at radius 3 is 2.64 bits per heavy atom. The lowest BCUT2D eigenvalue weighted by atomic mass is 9.82. The molecule has 2 rings (SSSR count). The first-order valence-corrected chi connectivity index (χ1v) is 6.39. The molecule has 1 aliphatic rings. The topological polar surface area (TPSA) is 78.1 Å². The van der Waals surface area contributed by atoms with Gasteiger partial charge in [0.25, 0.3) is 0 Å². The van der Waals surface area contributed by atoms with Crippen LogP contribution in [-0.2, 0) is 4.74 Å². The van der Waals surface area contributed by atoms with Crippen molar-refractivity contribution >= 4 is 17.6 Å². The van der Waals surface area contributed by atoms with Crippen molar-refractivity contribution in [3.05, 3.63) is 48.2 Å². The molecule has 2 atom stereocenters. The summed E-state index contributed by atoms with van der Waals surface area (Å²) in [6, 6.07) is 0. The van der Waals surface area contributed by atoms with Crippen molar-refractivity contribution in [1.29, 1.82) is 0 Å². The Kier molecular flexibility index (Phi) is 3.90. The van der Waals surface area contributed by atoms with E-state index >= 15 is 0 Å². The molecule has 1 aliphatic carbocycles. The molecule has 0 radical (unpaired) electrons. The van der Waals surface area contributed by atoms with Crippen LogP contribution in [0.1, 0.15) is 17.4 Å². The zero-order chi connectivity index (χ0) is 16.6. The minimum Gasteiger partial charge on any atom is -0.448 e. The predicted molar refractivity (Wildman–Crippen MR) is 71.9 cm³/mol. The van der Waals surface area contributed by atoms with Crippen LogP contribution in [0.25, 0.3) is 0 Å². The van der Waals surface area contributed by atoms with Gasteiger partial charge in [0, 0.05) is 18.1 Å². The van der Waals surface area contributed by atoms with Crippen molar-refractivity contribution in [3.63, 3.8) is 0 Å². The van der Waals surface area contributed by atoms with Crippen molar-refractivity contribution in [2.24, 2.45) is 5.73 Å². The summed E-state index contributed by atoms with van der Waals surface area (Å²) in [5.74, 6) is -1.08. The number of carbonyl (C=O) groups is 1. The highest BCUT2D eigenvalue weighted by molar-refractivity contribution is 6.27. The number of allylic oxidation sites excluding steroid dienone is 1. The second-order valence-electron chi connectivity index (χ2n) is 4.77. The van der Waals surface area contributed by atoms with E-state index in [1.165, 1.54) is 18.5 Å². The van der Waals surface area contributed by atoms with Crippen molar-refractivity contribution in [2.75, 3.05) is 0 Å². The van der Waals surface area contributed by atoms with Gasteiger partial charge in [-0.1, -0.05) is 11.6 Å². The number of carbonyl (C=O) groups excluding carboxylic acids is 1. The third kappa shape index (κ3) is 2.66. The summed E-state index contributed by atoms with van der Waals surface area (Å²) in [6.07, 6.45) is 1.49. The summed E-state index contributed by atoms with van der Waals surface area (Å²) >= 11 is 5.74. The zero-order valence-corrected chi connectivity index (χ0v) is 12.0. The van der Waals surface area contributed by atoms with Gasteiger partial charge >= 0.3 is 12.1 Å². The quantitative estimate of drug-likeness (QED) is 0.664. The number of rotatable bonds is 2. The van der Waals surface area contributed by atoms with Gasteiger partial charge < -0.3 is 10.5 Å². The van der Waals surface area contributed by atoms with E-state index in [1.54, 1.807) is 0 Å². The maximum atomic E-state index is 13.4. The lowest BCUT2D eigenvalue weighted by Crippen LogP contribution is -2.58. The summed E-state index contributed by atoms with van der Waals surface area (Å²) in [7, 11) is 0. The molecule has 0 saturated heterocycles. The number of aromatic nitrogens is 2. The molecule has 0 spiro atoms. The monoisotopic (exact) mass is 333 g/mol. The SMILES string of the molecule is CC1(OC(=O)c2cnccn2)C=CC(N)=CC1(Cl)C(F)(F)F. The Balaban J connectivity index is 2.39. The average molecular weight is 334 g/mol. The molecule has 9 heteroatoms. The maximum Gasteiger partial charge on any atom is 0.415 e. The van der Waals surface area contributed by atoms with Gasteiger partial charge in [0.15, 0.2) is 11.3 Å². The molecule has 1 aromatic rings. The van der Waals surface area contributed by atoms with E-state index in [4.69, 9.17) is 22.1 Å². The number of esters is 1. The predicted octanol–water partition coefficient (Wildman–Crippen LogP) is 2.34. The normalized spacial score (nSPS) is 28.1. The summed E-state index contributed by atoms with van der Waals surface area (Å²) in [5, 5.41) is 0. The van der Waals surface area contributed by atoms with Crippen molar-refractivity contribution < 1.29 is 22.7 Å². The molecule has 2 unspecified atom stereocenters. The number of nitrogens with zero attached hydrogens (tertiary/aromatic N) is 2. The number of hydrogen-bond donors (Lipinski definition) is 1. The first-order chi connectivity index (χ1) is 10.1. The van der Waals surface area contributed by atoms with E-state index in [0.29, 0.717) is 6.08 Å². The lowest BCUT2D eigenvalue weighted by molar-refractivity contribution is -0.184. The lowest BCUT2D eigenvalue weighted by Gasteiger charge is -2.42. The highest BCUT2D eigenvalue weighted by atomic mass is 35.5. The Labute approximate surface area is 128 Å². The highest BCUT2D eigenvalue weighted by Crippen LogP contribution is 2.49. The van der Waals surface area contributed by atoms with Crippen LogP contribution >= 0.6 is 11.6 Å². The zero-order valence-electron chi connectivity index (χ0n) is 11.3. The average Bonchev–Trinajstić information content (AvgIpc) is 2.43. The van der Waals surface area contributed by atoms with Crippen LogP contribution in [0.5, 0.6) is 0 Å². The van der Waals surface area contributed by atoms with Crippen molar-refractivity contribution in [1.82, 2.24) is 9.97 Å². The van der Waals surface area contributed by atoms with Gasteiger partial charge in [-0.05, 0) is 25.2 Å². The molecule has 5 nitrogen and oxygen atoms in total. The Hall–Kier alpha value is -2.09. The maximum absolute atomic E-state index is 13.4. The van der Waals surface area contributed by atoms with Crippen LogP contribution in [0.2, 0.25) is 0 Å². The van der Waals surface area contributed by atoms with E-state index < -0.39 is 22.6 Å². The first-order valence-electron chi connectivity index (χ1n) is 6.02. The number of ether oxygens (including phenoxy) is 1. The second-order valence-corrected chi connectivity index (χ2v) is 5.37. The number of nitrogens with two attached hydrogens (primary N) is 1. The van der Waals surface area contributed by atoms with E-state index in [-0.39, 0.29) is 11.4 Å². The third-order valence-electron chi connectivity index (χ3n) is 3.17. The smallest absolute Gasteiger partial charge is 0.415 e. The Bertz CT molecular complexity index is 648.